The summed E-state index contributed by atoms with van der Waals surface area (Å²) in [5.41, 5.74) is 9.49. The lowest BCUT2D eigenvalue weighted by Crippen LogP contribution is -2.19. The van der Waals surface area contributed by atoms with Gasteiger partial charge in [0, 0.05) is 4.91 Å². The number of hydrogen-bond donors (Lipinski definition) is 0. The lowest BCUT2D eigenvalue weighted by atomic mass is 10.2. The smallest absolute Gasteiger partial charge is 0.0916 e. The van der Waals surface area contributed by atoms with Crippen LogP contribution in [0.3, 0.4) is 0 Å². The van der Waals surface area contributed by atoms with E-state index in [0.29, 0.717) is 19.8 Å². The molecule has 16 heavy (non-hydrogen) atoms. The molecule has 0 radical (unpaired) electrons. The number of nitrogens with zero attached hydrogens (tertiary/aromatic N) is 3. The van der Waals surface area contributed by atoms with E-state index in [1.54, 1.807) is 0 Å². The molecule has 0 N–H and O–H groups in total. The van der Waals surface area contributed by atoms with Crippen LogP contribution in [0, 0.1) is 0 Å². The van der Waals surface area contributed by atoms with Gasteiger partial charge in [0.2, 0.25) is 0 Å². The van der Waals surface area contributed by atoms with Gasteiger partial charge < -0.3 is 9.47 Å². The van der Waals surface area contributed by atoms with Crippen molar-refractivity contribution in [1.82, 2.24) is 0 Å². The van der Waals surface area contributed by atoms with Crippen LogP contribution in [0.1, 0.15) is 5.56 Å². The van der Waals surface area contributed by atoms with Gasteiger partial charge in [0.15, 0.2) is 0 Å². The third kappa shape index (κ3) is 3.24. The molecule has 84 valence electrons. The summed E-state index contributed by atoms with van der Waals surface area (Å²) < 4.78 is 10.6. The zero-order chi connectivity index (χ0) is 11.2. The van der Waals surface area contributed by atoms with Gasteiger partial charge in [-0.25, -0.2) is 0 Å². The predicted octanol–water partition coefficient (Wildman–Crippen LogP) is 2.28. The highest BCUT2D eigenvalue weighted by Gasteiger charge is 2.32. The number of ether oxygens (including phenoxy) is 2. The third-order valence-electron chi connectivity index (χ3n) is 2.39. The van der Waals surface area contributed by atoms with Crippen LogP contribution >= 0.6 is 0 Å². The van der Waals surface area contributed by atoms with Crippen LogP contribution in [-0.4, -0.2) is 25.4 Å². The first-order chi connectivity index (χ1) is 7.90. The summed E-state index contributed by atoms with van der Waals surface area (Å²) in [6.45, 7) is 1.60. The second kappa shape index (κ2) is 5.51. The summed E-state index contributed by atoms with van der Waals surface area (Å²) in [6.07, 6.45) is 0.0478. The number of rotatable bonds is 6. The van der Waals surface area contributed by atoms with E-state index in [9.17, 15) is 0 Å². The zero-order valence-electron chi connectivity index (χ0n) is 8.82. The van der Waals surface area contributed by atoms with Gasteiger partial charge in [0.1, 0.15) is 0 Å². The molecule has 2 rings (SSSR count). The van der Waals surface area contributed by atoms with Gasteiger partial charge in [-0.15, -0.1) is 0 Å². The van der Waals surface area contributed by atoms with E-state index in [4.69, 9.17) is 15.0 Å². The average molecular weight is 219 g/mol. The van der Waals surface area contributed by atoms with Crippen molar-refractivity contribution in [2.24, 2.45) is 5.11 Å². The van der Waals surface area contributed by atoms with Gasteiger partial charge in [-0.1, -0.05) is 35.4 Å². The fraction of sp³-hybridized carbons (Fsp3) is 0.455. The molecule has 5 heteroatoms. The summed E-state index contributed by atoms with van der Waals surface area (Å²) in [6, 6.07) is 9.69. The highest BCUT2D eigenvalue weighted by atomic mass is 16.6. The van der Waals surface area contributed by atoms with Crippen molar-refractivity contribution in [2.45, 2.75) is 18.8 Å². The lowest BCUT2D eigenvalue weighted by molar-refractivity contribution is 0.100. The van der Waals surface area contributed by atoms with Crippen molar-refractivity contribution in [3.8, 4) is 0 Å². The Kier molecular flexibility index (Phi) is 3.77. The molecule has 0 aromatic heterocycles. The Morgan fingerprint density at radius 1 is 1.50 bits per heavy atom. The summed E-state index contributed by atoms with van der Waals surface area (Å²) in [7, 11) is 0. The first-order valence-electron chi connectivity index (χ1n) is 5.17. The minimum atomic E-state index is -0.200. The van der Waals surface area contributed by atoms with Gasteiger partial charge in [-0.3, -0.25) is 0 Å². The number of epoxide rings is 1. The Hall–Kier alpha value is -1.55. The quantitative estimate of drug-likeness (QED) is 0.318. The Morgan fingerprint density at radius 2 is 2.25 bits per heavy atom. The first kappa shape index (κ1) is 11.0. The van der Waals surface area contributed by atoms with Crippen LogP contribution in [0.25, 0.3) is 10.4 Å². The van der Waals surface area contributed by atoms with Gasteiger partial charge in [0.05, 0.1) is 32.0 Å². The molecule has 1 aliphatic heterocycles. The van der Waals surface area contributed by atoms with E-state index in [0.717, 1.165) is 5.56 Å². The largest absolute Gasteiger partial charge is 0.376 e. The fourth-order valence-corrected chi connectivity index (χ4v) is 1.43. The molecule has 1 fully saturated rings. The van der Waals surface area contributed by atoms with Crippen LogP contribution in [0.15, 0.2) is 35.4 Å². The van der Waals surface area contributed by atoms with Crippen LogP contribution < -0.4 is 0 Å². The maximum atomic E-state index is 8.38. The van der Waals surface area contributed by atoms with Gasteiger partial charge in [0.25, 0.3) is 0 Å². The van der Waals surface area contributed by atoms with Crippen LogP contribution in [0.4, 0.5) is 0 Å². The van der Waals surface area contributed by atoms with Crippen molar-refractivity contribution in [2.75, 3.05) is 13.2 Å². The normalized spacial score (nSPS) is 19.9. The van der Waals surface area contributed by atoms with Gasteiger partial charge >= 0.3 is 0 Å². The van der Waals surface area contributed by atoms with E-state index >= 15 is 0 Å². The van der Waals surface area contributed by atoms with Crippen molar-refractivity contribution in [1.29, 1.82) is 0 Å². The second-order valence-electron chi connectivity index (χ2n) is 3.64. The van der Waals surface area contributed by atoms with E-state index in [1.807, 2.05) is 30.3 Å². The van der Waals surface area contributed by atoms with Gasteiger partial charge in [-0.2, -0.15) is 0 Å². The summed E-state index contributed by atoms with van der Waals surface area (Å²) in [5.74, 6) is 0. The minimum absolute atomic E-state index is 0.0478. The molecule has 0 bridgehead atoms. The van der Waals surface area contributed by atoms with E-state index in [2.05, 4.69) is 10.0 Å². The SMILES string of the molecule is [N-]=[N+]=N[C@@H](COCc1ccccc1)[C@@H]1CO1. The third-order valence-corrected chi connectivity index (χ3v) is 2.39. The van der Waals surface area contributed by atoms with Crippen molar-refractivity contribution in [3.63, 3.8) is 0 Å². The lowest BCUT2D eigenvalue weighted by Gasteiger charge is -2.08. The molecular formula is C11H13N3O2. The van der Waals surface area contributed by atoms with E-state index < -0.39 is 0 Å². The number of azide groups is 1. The Morgan fingerprint density at radius 3 is 2.88 bits per heavy atom. The molecule has 1 heterocycles. The summed E-state index contributed by atoms with van der Waals surface area (Å²) in [5, 5.41) is 3.65. The standard InChI is InChI=1S/C11H13N3O2/c12-14-13-10(11-8-16-11)7-15-6-9-4-2-1-3-5-9/h1-5,10-11H,6-8H2/t10-,11-/m0/s1. The monoisotopic (exact) mass is 219 g/mol. The van der Waals surface area contributed by atoms with Crippen molar-refractivity contribution >= 4 is 0 Å². The topological polar surface area (TPSA) is 70.5 Å². The Labute approximate surface area is 93.6 Å². The highest BCUT2D eigenvalue weighted by molar-refractivity contribution is 5.13. The predicted molar refractivity (Wildman–Crippen MR) is 58.8 cm³/mol. The molecule has 1 aromatic carbocycles. The maximum absolute atomic E-state index is 8.38. The maximum Gasteiger partial charge on any atom is 0.0916 e. The Bertz CT molecular complexity index is 372. The highest BCUT2D eigenvalue weighted by Crippen LogP contribution is 2.18. The molecule has 1 aliphatic rings. The molecule has 0 saturated carbocycles. The molecule has 0 aliphatic carbocycles. The number of benzene rings is 1. The first-order valence-corrected chi connectivity index (χ1v) is 5.17. The molecule has 0 unspecified atom stereocenters. The van der Waals surface area contributed by atoms with Crippen molar-refractivity contribution < 1.29 is 9.47 Å². The molecule has 0 spiro atoms. The van der Waals surface area contributed by atoms with Crippen molar-refractivity contribution in [3.05, 3.63) is 46.3 Å². The van der Waals surface area contributed by atoms with E-state index in [-0.39, 0.29) is 12.1 Å². The van der Waals surface area contributed by atoms with E-state index in [1.165, 1.54) is 0 Å². The fourth-order valence-electron chi connectivity index (χ4n) is 1.43. The number of hydrogen-bond acceptors (Lipinski definition) is 3. The van der Waals surface area contributed by atoms with Crippen LogP contribution in [0.2, 0.25) is 0 Å². The molecule has 0 amide bonds. The molecule has 1 aromatic rings. The van der Waals surface area contributed by atoms with Crippen LogP contribution in [0.5, 0.6) is 0 Å². The molecular weight excluding hydrogens is 206 g/mol. The Balaban J connectivity index is 1.76. The minimum Gasteiger partial charge on any atom is -0.376 e. The summed E-state index contributed by atoms with van der Waals surface area (Å²) in [4.78, 5) is 2.79. The summed E-state index contributed by atoms with van der Waals surface area (Å²) >= 11 is 0. The molecule has 2 atom stereocenters. The molecule has 5 nitrogen and oxygen atoms in total. The average Bonchev–Trinajstić information content (AvgIpc) is 3.13. The van der Waals surface area contributed by atoms with Gasteiger partial charge in [-0.05, 0) is 11.1 Å². The van der Waals surface area contributed by atoms with Crippen LogP contribution in [-0.2, 0) is 16.1 Å². The molecule has 1 saturated heterocycles. The zero-order valence-corrected chi connectivity index (χ0v) is 8.82. The second-order valence-corrected chi connectivity index (χ2v) is 3.64.